The number of carboxylic acids is 1. The molecule has 2 aromatic rings. The first-order valence-corrected chi connectivity index (χ1v) is 6.88. The Hall–Kier alpha value is -2.24. The minimum atomic E-state index is -0.745. The molecule has 1 aromatic carbocycles. The normalized spacial score (nSPS) is 10.7. The summed E-state index contributed by atoms with van der Waals surface area (Å²) in [6.45, 7) is 7.77. The van der Waals surface area contributed by atoms with E-state index in [2.05, 4.69) is 48.3 Å². The largest absolute Gasteiger partial charge is 0.481 e. The van der Waals surface area contributed by atoms with E-state index in [0.29, 0.717) is 0 Å². The molecule has 1 heterocycles. The van der Waals surface area contributed by atoms with Crippen LogP contribution in [0.15, 0.2) is 30.3 Å². The Labute approximate surface area is 124 Å². The fourth-order valence-electron chi connectivity index (χ4n) is 1.38. The van der Waals surface area contributed by atoms with Crippen LogP contribution in [0.3, 0.4) is 0 Å². The molecule has 0 aliphatic heterocycles. The van der Waals surface area contributed by atoms with Crippen LogP contribution < -0.4 is 0 Å². The molecule has 0 saturated heterocycles. The topological polar surface area (TPSA) is 80.9 Å². The van der Waals surface area contributed by atoms with E-state index in [1.54, 1.807) is 11.7 Å². The van der Waals surface area contributed by atoms with Crippen molar-refractivity contribution < 1.29 is 9.90 Å². The lowest BCUT2D eigenvalue weighted by Gasteiger charge is -2.15. The molecule has 0 saturated carbocycles. The molecule has 0 radical (unpaired) electrons. The highest BCUT2D eigenvalue weighted by Crippen LogP contribution is 2.10. The molecular weight excluding hydrogens is 268 g/mol. The molecule has 114 valence electrons. The molecule has 6 nitrogen and oxygen atoms in total. The van der Waals surface area contributed by atoms with Crippen LogP contribution in [0.25, 0.3) is 0 Å². The quantitative estimate of drug-likeness (QED) is 0.939. The number of aromatic nitrogens is 4. The highest BCUT2D eigenvalue weighted by Gasteiger charge is 2.16. The summed E-state index contributed by atoms with van der Waals surface area (Å²) in [5.74, 6) is 0.0196. The van der Waals surface area contributed by atoms with Gasteiger partial charge in [-0.1, -0.05) is 37.3 Å². The Morgan fingerprint density at radius 1 is 1.24 bits per heavy atom. The van der Waals surface area contributed by atoms with Gasteiger partial charge in [0.25, 0.3) is 0 Å². The maximum absolute atomic E-state index is 9.37. The van der Waals surface area contributed by atoms with Gasteiger partial charge in [-0.25, -0.2) is 0 Å². The number of benzene rings is 1. The van der Waals surface area contributed by atoms with Crippen molar-refractivity contribution in [1.82, 2.24) is 20.2 Å². The zero-order chi connectivity index (χ0) is 15.9. The summed E-state index contributed by atoms with van der Waals surface area (Å²) in [5, 5.41) is 20.2. The molecule has 0 bridgehead atoms. The van der Waals surface area contributed by atoms with Crippen LogP contribution in [0.4, 0.5) is 0 Å². The predicted octanol–water partition coefficient (Wildman–Crippen LogP) is 2.50. The standard InChI is InChI=1S/C12H16N4.C3H6O2/c1-12(2,3)16-14-11(13-15-16)9-10-7-5-4-6-8-10;1-2-3(4)5/h4-8H,9H2,1-3H3;2H2,1H3,(H,4,5). The maximum atomic E-state index is 9.37. The molecule has 0 aliphatic rings. The Kier molecular flexibility index (Phi) is 6.02. The molecule has 1 aromatic heterocycles. The van der Waals surface area contributed by atoms with Crippen molar-refractivity contribution >= 4 is 5.97 Å². The molecular formula is C15H22N4O2. The van der Waals surface area contributed by atoms with Gasteiger partial charge in [0.05, 0.1) is 5.54 Å². The molecule has 0 spiro atoms. The molecule has 0 fully saturated rings. The second-order valence-electron chi connectivity index (χ2n) is 5.58. The molecule has 0 amide bonds. The zero-order valence-corrected chi connectivity index (χ0v) is 12.9. The van der Waals surface area contributed by atoms with E-state index in [0.717, 1.165) is 12.2 Å². The highest BCUT2D eigenvalue weighted by atomic mass is 16.4. The first-order chi connectivity index (χ1) is 9.82. The smallest absolute Gasteiger partial charge is 0.303 e. The van der Waals surface area contributed by atoms with Gasteiger partial charge < -0.3 is 5.11 Å². The third-order valence-electron chi connectivity index (χ3n) is 2.56. The summed E-state index contributed by atoms with van der Waals surface area (Å²) in [6, 6.07) is 10.2. The number of carboxylic acid groups (broad SMARTS) is 1. The van der Waals surface area contributed by atoms with Crippen LogP contribution >= 0.6 is 0 Å². The lowest BCUT2D eigenvalue weighted by Crippen LogP contribution is -2.24. The van der Waals surface area contributed by atoms with Crippen LogP contribution in [0.5, 0.6) is 0 Å². The zero-order valence-electron chi connectivity index (χ0n) is 12.9. The van der Waals surface area contributed by atoms with E-state index in [-0.39, 0.29) is 12.0 Å². The van der Waals surface area contributed by atoms with Gasteiger partial charge in [-0.3, -0.25) is 4.79 Å². The second kappa shape index (κ2) is 7.52. The van der Waals surface area contributed by atoms with E-state index < -0.39 is 5.97 Å². The number of rotatable bonds is 3. The van der Waals surface area contributed by atoms with Gasteiger partial charge in [-0.2, -0.15) is 4.80 Å². The maximum Gasteiger partial charge on any atom is 0.303 e. The Balaban J connectivity index is 0.000000383. The van der Waals surface area contributed by atoms with Crippen molar-refractivity contribution in [3.05, 3.63) is 41.7 Å². The second-order valence-corrected chi connectivity index (χ2v) is 5.58. The SMILES string of the molecule is CC(C)(C)n1nnc(Cc2ccccc2)n1.CCC(=O)O. The Morgan fingerprint density at radius 3 is 2.24 bits per heavy atom. The highest BCUT2D eigenvalue weighted by molar-refractivity contribution is 5.66. The molecule has 0 atom stereocenters. The number of tetrazole rings is 1. The van der Waals surface area contributed by atoms with E-state index in [1.807, 2.05) is 18.2 Å². The van der Waals surface area contributed by atoms with Gasteiger partial charge in [0.1, 0.15) is 0 Å². The average Bonchev–Trinajstić information content (AvgIpc) is 2.89. The number of carbonyl (C=O) groups is 1. The van der Waals surface area contributed by atoms with Gasteiger partial charge in [0, 0.05) is 12.8 Å². The van der Waals surface area contributed by atoms with E-state index in [1.165, 1.54) is 5.56 Å². The minimum absolute atomic E-state index is 0.109. The number of nitrogens with zero attached hydrogens (tertiary/aromatic N) is 4. The van der Waals surface area contributed by atoms with Crippen molar-refractivity contribution in [2.24, 2.45) is 0 Å². The van der Waals surface area contributed by atoms with Crippen molar-refractivity contribution in [1.29, 1.82) is 0 Å². The van der Waals surface area contributed by atoms with Crippen LogP contribution in [0.1, 0.15) is 45.5 Å². The van der Waals surface area contributed by atoms with E-state index in [4.69, 9.17) is 5.11 Å². The minimum Gasteiger partial charge on any atom is -0.481 e. The van der Waals surface area contributed by atoms with Crippen LogP contribution in [-0.4, -0.2) is 31.3 Å². The van der Waals surface area contributed by atoms with E-state index in [9.17, 15) is 4.79 Å². The van der Waals surface area contributed by atoms with Crippen molar-refractivity contribution in [3.8, 4) is 0 Å². The third kappa shape index (κ3) is 6.16. The summed E-state index contributed by atoms with van der Waals surface area (Å²) < 4.78 is 0. The van der Waals surface area contributed by atoms with Gasteiger partial charge >= 0.3 is 5.97 Å². The predicted molar refractivity (Wildman–Crippen MR) is 80.0 cm³/mol. The summed E-state index contributed by atoms with van der Waals surface area (Å²) in [6.07, 6.45) is 0.955. The first kappa shape index (κ1) is 16.8. The monoisotopic (exact) mass is 290 g/mol. The average molecular weight is 290 g/mol. The fraction of sp³-hybridized carbons (Fsp3) is 0.467. The number of hydrogen-bond acceptors (Lipinski definition) is 4. The molecule has 6 heteroatoms. The summed E-state index contributed by atoms with van der Waals surface area (Å²) in [4.78, 5) is 11.0. The Bertz CT molecular complexity index is 559. The third-order valence-corrected chi connectivity index (χ3v) is 2.56. The van der Waals surface area contributed by atoms with E-state index >= 15 is 0 Å². The van der Waals surface area contributed by atoms with Gasteiger partial charge in [-0.15, -0.1) is 10.2 Å². The van der Waals surface area contributed by atoms with Crippen LogP contribution in [0.2, 0.25) is 0 Å². The lowest BCUT2D eigenvalue weighted by molar-refractivity contribution is -0.136. The summed E-state index contributed by atoms with van der Waals surface area (Å²) in [5.41, 5.74) is 1.10. The van der Waals surface area contributed by atoms with Crippen molar-refractivity contribution in [2.45, 2.75) is 46.1 Å². The number of hydrogen-bond donors (Lipinski definition) is 1. The Morgan fingerprint density at radius 2 is 1.81 bits per heavy atom. The molecule has 0 unspecified atom stereocenters. The lowest BCUT2D eigenvalue weighted by atomic mass is 10.1. The van der Waals surface area contributed by atoms with Crippen LogP contribution in [-0.2, 0) is 16.8 Å². The first-order valence-electron chi connectivity index (χ1n) is 6.88. The summed E-state index contributed by atoms with van der Waals surface area (Å²) >= 11 is 0. The van der Waals surface area contributed by atoms with Crippen molar-refractivity contribution in [2.75, 3.05) is 0 Å². The molecule has 21 heavy (non-hydrogen) atoms. The molecule has 2 rings (SSSR count). The summed E-state index contributed by atoms with van der Waals surface area (Å²) in [7, 11) is 0. The number of aliphatic carboxylic acids is 1. The fourth-order valence-corrected chi connectivity index (χ4v) is 1.38. The van der Waals surface area contributed by atoms with Gasteiger partial charge in [-0.05, 0) is 31.5 Å². The molecule has 1 N–H and O–H groups in total. The van der Waals surface area contributed by atoms with Gasteiger partial charge in [0.2, 0.25) is 0 Å². The molecule has 0 aliphatic carbocycles. The van der Waals surface area contributed by atoms with Crippen molar-refractivity contribution in [3.63, 3.8) is 0 Å². The van der Waals surface area contributed by atoms with Crippen LogP contribution in [0, 0.1) is 0 Å². The van der Waals surface area contributed by atoms with Gasteiger partial charge in [0.15, 0.2) is 5.82 Å².